The van der Waals surface area contributed by atoms with Crippen molar-refractivity contribution in [3.63, 3.8) is 0 Å². The summed E-state index contributed by atoms with van der Waals surface area (Å²) in [5.74, 6) is 2.68. The van der Waals surface area contributed by atoms with Crippen molar-refractivity contribution in [2.24, 2.45) is 0 Å². The van der Waals surface area contributed by atoms with Gasteiger partial charge in [0.1, 0.15) is 16.4 Å². The molecule has 5 rings (SSSR count). The fourth-order valence-corrected chi connectivity index (χ4v) is 5.41. The number of aromatic nitrogens is 2. The molecule has 0 spiro atoms. The standard InChI is InChI=1S/C27H24N2O5S/c1-31-19-12-8-11-18-22-26(35-24(18)19)28-25(29(27(22)30)15-16-9-6-5-7-10-16)17-13-20(32-2)23(34-4)21(14-17)33-3/h5-14H,15H2,1-4H3. The average Bonchev–Trinajstić information content (AvgIpc) is 3.28. The molecule has 5 aromatic rings. The lowest BCUT2D eigenvalue weighted by atomic mass is 10.1. The first-order valence-corrected chi connectivity index (χ1v) is 11.8. The van der Waals surface area contributed by atoms with E-state index in [9.17, 15) is 4.79 Å². The number of methoxy groups -OCH3 is 4. The Morgan fingerprint density at radius 1 is 0.829 bits per heavy atom. The van der Waals surface area contributed by atoms with E-state index in [-0.39, 0.29) is 5.56 Å². The molecule has 0 N–H and O–H groups in total. The van der Waals surface area contributed by atoms with Crippen LogP contribution in [0.4, 0.5) is 0 Å². The molecule has 0 atom stereocenters. The van der Waals surface area contributed by atoms with E-state index in [4.69, 9.17) is 23.9 Å². The number of nitrogens with zero attached hydrogens (tertiary/aromatic N) is 2. The van der Waals surface area contributed by atoms with Crippen LogP contribution in [-0.2, 0) is 6.54 Å². The highest BCUT2D eigenvalue weighted by Crippen LogP contribution is 2.42. The van der Waals surface area contributed by atoms with Gasteiger partial charge in [-0.2, -0.15) is 0 Å². The van der Waals surface area contributed by atoms with Crippen LogP contribution in [0.15, 0.2) is 65.5 Å². The molecule has 0 radical (unpaired) electrons. The fourth-order valence-electron chi connectivity index (χ4n) is 4.26. The van der Waals surface area contributed by atoms with Crippen LogP contribution in [0.25, 0.3) is 31.7 Å². The van der Waals surface area contributed by atoms with Crippen LogP contribution >= 0.6 is 11.3 Å². The normalized spacial score (nSPS) is 11.1. The minimum atomic E-state index is -0.123. The molecule has 178 valence electrons. The molecule has 0 fully saturated rings. The maximum atomic E-state index is 14.0. The van der Waals surface area contributed by atoms with Crippen LogP contribution in [0, 0.1) is 0 Å². The maximum absolute atomic E-state index is 14.0. The minimum absolute atomic E-state index is 0.123. The van der Waals surface area contributed by atoms with Crippen molar-refractivity contribution in [3.8, 4) is 34.4 Å². The number of benzene rings is 3. The van der Waals surface area contributed by atoms with Crippen molar-refractivity contribution < 1.29 is 18.9 Å². The van der Waals surface area contributed by atoms with Gasteiger partial charge in [-0.25, -0.2) is 4.98 Å². The smallest absolute Gasteiger partial charge is 0.263 e. The quantitative estimate of drug-likeness (QED) is 0.307. The molecule has 0 saturated heterocycles. The molecule has 35 heavy (non-hydrogen) atoms. The molecule has 0 unspecified atom stereocenters. The SMILES string of the molecule is COc1cc(-c2nc3sc4c(OC)cccc4c3c(=O)n2Cc2ccccc2)cc(OC)c1OC. The van der Waals surface area contributed by atoms with Gasteiger partial charge in [-0.1, -0.05) is 42.5 Å². The second kappa shape index (κ2) is 9.31. The summed E-state index contributed by atoms with van der Waals surface area (Å²) in [6.07, 6.45) is 0. The highest BCUT2D eigenvalue weighted by molar-refractivity contribution is 7.25. The number of hydrogen-bond acceptors (Lipinski definition) is 7. The van der Waals surface area contributed by atoms with E-state index >= 15 is 0 Å². The van der Waals surface area contributed by atoms with Gasteiger partial charge in [-0.3, -0.25) is 9.36 Å². The number of thiophene rings is 1. The second-order valence-corrected chi connectivity index (χ2v) is 8.84. The van der Waals surface area contributed by atoms with Gasteiger partial charge in [0, 0.05) is 10.9 Å². The zero-order valence-electron chi connectivity index (χ0n) is 19.8. The number of rotatable bonds is 7. The van der Waals surface area contributed by atoms with Gasteiger partial charge in [0.05, 0.1) is 45.1 Å². The van der Waals surface area contributed by atoms with E-state index in [1.165, 1.54) is 11.3 Å². The van der Waals surface area contributed by atoms with Crippen LogP contribution < -0.4 is 24.5 Å². The number of ether oxygens (including phenoxy) is 4. The van der Waals surface area contributed by atoms with Gasteiger partial charge in [-0.15, -0.1) is 11.3 Å². The Morgan fingerprint density at radius 3 is 2.14 bits per heavy atom. The summed E-state index contributed by atoms with van der Waals surface area (Å²) >= 11 is 1.44. The molecular formula is C27H24N2O5S. The van der Waals surface area contributed by atoms with Crippen molar-refractivity contribution >= 4 is 31.6 Å². The van der Waals surface area contributed by atoms with Gasteiger partial charge in [0.2, 0.25) is 5.75 Å². The van der Waals surface area contributed by atoms with Crippen LogP contribution in [0.1, 0.15) is 5.56 Å². The van der Waals surface area contributed by atoms with E-state index in [1.807, 2.05) is 60.7 Å². The summed E-state index contributed by atoms with van der Waals surface area (Å²) < 4.78 is 24.7. The number of fused-ring (bicyclic) bond motifs is 3. The van der Waals surface area contributed by atoms with E-state index in [2.05, 4.69) is 0 Å². The Bertz CT molecular complexity index is 1570. The van der Waals surface area contributed by atoms with Crippen molar-refractivity contribution in [1.29, 1.82) is 0 Å². The first-order valence-electron chi connectivity index (χ1n) is 10.9. The molecule has 0 amide bonds. The Morgan fingerprint density at radius 2 is 1.51 bits per heavy atom. The molecule has 0 saturated carbocycles. The van der Waals surface area contributed by atoms with Crippen molar-refractivity contribution in [1.82, 2.24) is 9.55 Å². The van der Waals surface area contributed by atoms with Gasteiger partial charge < -0.3 is 18.9 Å². The van der Waals surface area contributed by atoms with E-state index in [1.54, 1.807) is 33.0 Å². The third-order valence-electron chi connectivity index (χ3n) is 5.91. The van der Waals surface area contributed by atoms with Gasteiger partial charge >= 0.3 is 0 Å². The van der Waals surface area contributed by atoms with Crippen molar-refractivity contribution in [2.45, 2.75) is 6.54 Å². The lowest BCUT2D eigenvalue weighted by molar-refractivity contribution is 0.324. The molecule has 0 bridgehead atoms. The molecule has 2 heterocycles. The van der Waals surface area contributed by atoms with Crippen LogP contribution in [0.3, 0.4) is 0 Å². The molecule has 8 heteroatoms. The summed E-state index contributed by atoms with van der Waals surface area (Å²) in [6, 6.07) is 19.2. The van der Waals surface area contributed by atoms with E-state index in [0.717, 1.165) is 15.6 Å². The summed E-state index contributed by atoms with van der Waals surface area (Å²) in [6.45, 7) is 0.357. The fraction of sp³-hybridized carbons (Fsp3) is 0.185. The van der Waals surface area contributed by atoms with Crippen molar-refractivity contribution in [2.75, 3.05) is 28.4 Å². The lowest BCUT2D eigenvalue weighted by Crippen LogP contribution is -2.23. The monoisotopic (exact) mass is 488 g/mol. The topological polar surface area (TPSA) is 71.8 Å². The first-order chi connectivity index (χ1) is 17.1. The molecular weight excluding hydrogens is 464 g/mol. The summed E-state index contributed by atoms with van der Waals surface area (Å²) in [5.41, 5.74) is 1.54. The maximum Gasteiger partial charge on any atom is 0.263 e. The average molecular weight is 489 g/mol. The Hall–Kier alpha value is -4.04. The third kappa shape index (κ3) is 3.85. The Kier molecular flexibility index (Phi) is 6.05. The third-order valence-corrected chi connectivity index (χ3v) is 7.02. The Balaban J connectivity index is 1.85. The van der Waals surface area contributed by atoms with E-state index in [0.29, 0.717) is 51.1 Å². The van der Waals surface area contributed by atoms with Crippen LogP contribution in [-0.4, -0.2) is 38.0 Å². The molecule has 0 aliphatic heterocycles. The van der Waals surface area contributed by atoms with Crippen LogP contribution in [0.2, 0.25) is 0 Å². The highest BCUT2D eigenvalue weighted by Gasteiger charge is 2.22. The van der Waals surface area contributed by atoms with Crippen LogP contribution in [0.5, 0.6) is 23.0 Å². The molecule has 0 aliphatic carbocycles. The van der Waals surface area contributed by atoms with Gasteiger partial charge in [0.25, 0.3) is 5.56 Å². The molecule has 0 aliphatic rings. The first kappa shape index (κ1) is 22.7. The summed E-state index contributed by atoms with van der Waals surface area (Å²) in [5, 5.41) is 1.41. The van der Waals surface area contributed by atoms with Gasteiger partial charge in [0.15, 0.2) is 11.5 Å². The minimum Gasteiger partial charge on any atom is -0.495 e. The molecule has 3 aromatic carbocycles. The van der Waals surface area contributed by atoms with E-state index < -0.39 is 0 Å². The zero-order valence-corrected chi connectivity index (χ0v) is 20.6. The lowest BCUT2D eigenvalue weighted by Gasteiger charge is -2.17. The largest absolute Gasteiger partial charge is 0.495 e. The van der Waals surface area contributed by atoms with Gasteiger partial charge in [-0.05, 0) is 23.8 Å². The predicted molar refractivity (Wildman–Crippen MR) is 139 cm³/mol. The number of hydrogen-bond donors (Lipinski definition) is 0. The second-order valence-electron chi connectivity index (χ2n) is 7.85. The molecule has 7 nitrogen and oxygen atoms in total. The summed E-state index contributed by atoms with van der Waals surface area (Å²) in [7, 11) is 6.31. The summed E-state index contributed by atoms with van der Waals surface area (Å²) in [4.78, 5) is 19.7. The highest BCUT2D eigenvalue weighted by atomic mass is 32.1. The molecule has 2 aromatic heterocycles. The van der Waals surface area contributed by atoms with Crippen molar-refractivity contribution in [3.05, 3.63) is 76.6 Å². The zero-order chi connectivity index (χ0) is 24.5. The Labute approximate surface area is 206 Å². The predicted octanol–water partition coefficient (Wildman–Crippen LogP) is 5.36.